The highest BCUT2D eigenvalue weighted by Crippen LogP contribution is 2.33. The minimum absolute atomic E-state index is 0.0326. The Morgan fingerprint density at radius 3 is 2.02 bits per heavy atom. The Kier molecular flexibility index (Phi) is 12.8. The average Bonchev–Trinajstić information content (AvgIpc) is 3.03. The van der Waals surface area contributed by atoms with Gasteiger partial charge < -0.3 is 10.2 Å². The van der Waals surface area contributed by atoms with Crippen molar-refractivity contribution in [2.24, 2.45) is 0 Å². The number of unbranched alkanes of at least 4 members (excludes halogenated alkanes) is 1. The molecule has 0 bridgehead atoms. The summed E-state index contributed by atoms with van der Waals surface area (Å²) in [6.45, 7) is 1.66. The van der Waals surface area contributed by atoms with Crippen molar-refractivity contribution in [3.63, 3.8) is 0 Å². The molecular weight excluding hydrogens is 688 g/mol. The first kappa shape index (κ1) is 35.6. The third kappa shape index (κ3) is 9.17. The third-order valence-electron chi connectivity index (χ3n) is 7.24. The van der Waals surface area contributed by atoms with Gasteiger partial charge in [0.15, 0.2) is 0 Å². The molecule has 0 aliphatic heterocycles. The van der Waals surface area contributed by atoms with Crippen molar-refractivity contribution in [2.45, 2.75) is 43.7 Å². The van der Waals surface area contributed by atoms with E-state index in [1.165, 1.54) is 35.2 Å². The quantitative estimate of drug-likeness (QED) is 0.134. The van der Waals surface area contributed by atoms with E-state index in [1.807, 2.05) is 37.3 Å². The standard InChI is InChI=1S/C34H33Cl4N3O4S/c1-2-3-18-39-34(43)32(19-24-10-6-4-7-11-24)40(22-25-14-15-26(35)20-29(25)37)33(42)23-41(31-17-16-27(36)21-30(31)38)46(44,45)28-12-8-5-9-13-28/h4-17,20-21,32H,2-3,18-19,22-23H2,1H3,(H,39,43)/t32-/m0/s1. The molecular formula is C34H33Cl4N3O4S. The highest BCUT2D eigenvalue weighted by Gasteiger charge is 2.35. The molecule has 0 aliphatic rings. The number of carbonyl (C=O) groups is 2. The zero-order valence-corrected chi connectivity index (χ0v) is 28.8. The van der Waals surface area contributed by atoms with Crippen molar-refractivity contribution < 1.29 is 18.0 Å². The molecule has 0 radical (unpaired) electrons. The molecule has 12 heteroatoms. The van der Waals surface area contributed by atoms with Crippen LogP contribution in [0, 0.1) is 0 Å². The minimum Gasteiger partial charge on any atom is -0.354 e. The number of nitrogens with zero attached hydrogens (tertiary/aromatic N) is 2. The van der Waals surface area contributed by atoms with Gasteiger partial charge in [-0.2, -0.15) is 0 Å². The van der Waals surface area contributed by atoms with E-state index in [2.05, 4.69) is 5.32 Å². The van der Waals surface area contributed by atoms with E-state index in [-0.39, 0.29) is 34.5 Å². The zero-order valence-electron chi connectivity index (χ0n) is 25.0. The number of rotatable bonds is 14. The Labute approximate surface area is 290 Å². The molecule has 2 amide bonds. The molecule has 1 N–H and O–H groups in total. The second-order valence-corrected chi connectivity index (χ2v) is 14.1. The second kappa shape index (κ2) is 16.5. The second-order valence-electron chi connectivity index (χ2n) is 10.5. The van der Waals surface area contributed by atoms with Crippen LogP contribution in [-0.4, -0.2) is 44.3 Å². The minimum atomic E-state index is -4.31. The van der Waals surface area contributed by atoms with Crippen LogP contribution in [0.5, 0.6) is 0 Å². The number of benzene rings is 4. The summed E-state index contributed by atoms with van der Waals surface area (Å²) in [5.41, 5.74) is 1.40. The number of nitrogens with one attached hydrogen (secondary N) is 1. The van der Waals surface area contributed by atoms with Crippen LogP contribution in [0.3, 0.4) is 0 Å². The Balaban J connectivity index is 1.83. The lowest BCUT2D eigenvalue weighted by atomic mass is 10.0. The number of halogens is 4. The van der Waals surface area contributed by atoms with Crippen molar-refractivity contribution in [3.05, 3.63) is 128 Å². The number of hydrogen-bond acceptors (Lipinski definition) is 4. The summed E-state index contributed by atoms with van der Waals surface area (Å²) in [5, 5.41) is 3.98. The van der Waals surface area contributed by atoms with E-state index in [1.54, 1.807) is 36.4 Å². The molecule has 4 rings (SSSR count). The highest BCUT2D eigenvalue weighted by molar-refractivity contribution is 7.92. The van der Waals surface area contributed by atoms with Crippen LogP contribution >= 0.6 is 46.4 Å². The van der Waals surface area contributed by atoms with Crippen LogP contribution in [0.15, 0.2) is 102 Å². The maximum Gasteiger partial charge on any atom is 0.264 e. The fraction of sp³-hybridized carbons (Fsp3) is 0.235. The molecule has 0 fully saturated rings. The predicted molar refractivity (Wildman–Crippen MR) is 186 cm³/mol. The van der Waals surface area contributed by atoms with E-state index in [9.17, 15) is 18.0 Å². The molecule has 0 unspecified atom stereocenters. The molecule has 242 valence electrons. The number of amides is 2. The molecule has 4 aromatic rings. The Hall–Kier alpha value is -3.27. The van der Waals surface area contributed by atoms with Crippen LogP contribution in [-0.2, 0) is 32.6 Å². The smallest absolute Gasteiger partial charge is 0.264 e. The van der Waals surface area contributed by atoms with Gasteiger partial charge in [-0.05, 0) is 60.0 Å². The van der Waals surface area contributed by atoms with Gasteiger partial charge in [-0.25, -0.2) is 8.42 Å². The Morgan fingerprint density at radius 1 is 0.804 bits per heavy atom. The van der Waals surface area contributed by atoms with Crippen molar-refractivity contribution in [3.8, 4) is 0 Å². The molecule has 0 saturated carbocycles. The van der Waals surface area contributed by atoms with E-state index in [0.29, 0.717) is 27.2 Å². The van der Waals surface area contributed by atoms with Crippen LogP contribution in [0.25, 0.3) is 0 Å². The molecule has 46 heavy (non-hydrogen) atoms. The maximum atomic E-state index is 14.5. The average molecular weight is 722 g/mol. The summed E-state index contributed by atoms with van der Waals surface area (Å²) in [7, 11) is -4.31. The summed E-state index contributed by atoms with van der Waals surface area (Å²) in [6.07, 6.45) is 1.78. The molecule has 0 heterocycles. The first-order valence-corrected chi connectivity index (χ1v) is 17.5. The molecule has 0 saturated heterocycles. The summed E-state index contributed by atoms with van der Waals surface area (Å²) >= 11 is 25.4. The van der Waals surface area contributed by atoms with Gasteiger partial charge in [0.1, 0.15) is 12.6 Å². The highest BCUT2D eigenvalue weighted by atomic mass is 35.5. The number of sulfonamides is 1. The first-order chi connectivity index (χ1) is 22.0. The van der Waals surface area contributed by atoms with Crippen molar-refractivity contribution in [1.29, 1.82) is 0 Å². The van der Waals surface area contributed by atoms with Gasteiger partial charge in [0.25, 0.3) is 10.0 Å². The largest absolute Gasteiger partial charge is 0.354 e. The summed E-state index contributed by atoms with van der Waals surface area (Å²) < 4.78 is 29.1. The summed E-state index contributed by atoms with van der Waals surface area (Å²) in [6, 6.07) is 25.2. The number of hydrogen-bond donors (Lipinski definition) is 1. The molecule has 1 atom stereocenters. The third-order valence-corrected chi connectivity index (χ3v) is 10.1. The van der Waals surface area contributed by atoms with Gasteiger partial charge in [0.05, 0.1) is 15.6 Å². The van der Waals surface area contributed by atoms with Crippen LogP contribution in [0.2, 0.25) is 20.1 Å². The molecule has 7 nitrogen and oxygen atoms in total. The summed E-state index contributed by atoms with van der Waals surface area (Å²) in [5.74, 6) is -1.03. The fourth-order valence-electron chi connectivity index (χ4n) is 4.81. The first-order valence-electron chi connectivity index (χ1n) is 14.6. The normalized spacial score (nSPS) is 11.9. The predicted octanol–water partition coefficient (Wildman–Crippen LogP) is 8.05. The van der Waals surface area contributed by atoms with E-state index in [4.69, 9.17) is 46.4 Å². The van der Waals surface area contributed by atoms with Gasteiger partial charge in [-0.15, -0.1) is 0 Å². The topological polar surface area (TPSA) is 86.8 Å². The molecule has 0 aromatic heterocycles. The lowest BCUT2D eigenvalue weighted by molar-refractivity contribution is -0.140. The van der Waals surface area contributed by atoms with E-state index < -0.39 is 28.5 Å². The van der Waals surface area contributed by atoms with Gasteiger partial charge in [-0.3, -0.25) is 13.9 Å². The van der Waals surface area contributed by atoms with Crippen LogP contribution < -0.4 is 9.62 Å². The number of carbonyl (C=O) groups excluding carboxylic acids is 2. The van der Waals surface area contributed by atoms with Gasteiger partial charge >= 0.3 is 0 Å². The van der Waals surface area contributed by atoms with Crippen LogP contribution in [0.1, 0.15) is 30.9 Å². The van der Waals surface area contributed by atoms with E-state index in [0.717, 1.165) is 22.7 Å². The summed E-state index contributed by atoms with van der Waals surface area (Å²) in [4.78, 5) is 29.7. The van der Waals surface area contributed by atoms with E-state index >= 15 is 0 Å². The van der Waals surface area contributed by atoms with Crippen LogP contribution in [0.4, 0.5) is 5.69 Å². The van der Waals surface area contributed by atoms with Gasteiger partial charge in [0, 0.05) is 34.6 Å². The van der Waals surface area contributed by atoms with Crippen molar-refractivity contribution in [1.82, 2.24) is 10.2 Å². The van der Waals surface area contributed by atoms with Gasteiger partial charge in [0.2, 0.25) is 11.8 Å². The lowest BCUT2D eigenvalue weighted by Crippen LogP contribution is -2.53. The van der Waals surface area contributed by atoms with Gasteiger partial charge in [-0.1, -0.05) is 114 Å². The maximum absolute atomic E-state index is 14.5. The SMILES string of the molecule is CCCCNC(=O)[C@H](Cc1ccccc1)N(Cc1ccc(Cl)cc1Cl)C(=O)CN(c1ccc(Cl)cc1Cl)S(=O)(=O)c1ccccc1. The lowest BCUT2D eigenvalue weighted by Gasteiger charge is -2.34. The molecule has 4 aromatic carbocycles. The Bertz CT molecular complexity index is 1760. The molecule has 0 spiro atoms. The molecule has 0 aliphatic carbocycles. The monoisotopic (exact) mass is 719 g/mol. The number of anilines is 1. The van der Waals surface area contributed by atoms with Crippen molar-refractivity contribution in [2.75, 3.05) is 17.4 Å². The fourth-order valence-corrected chi connectivity index (χ4v) is 7.29. The zero-order chi connectivity index (χ0) is 33.3. The van der Waals surface area contributed by atoms with Crippen molar-refractivity contribution >= 4 is 73.9 Å². The Morgan fingerprint density at radius 2 is 1.41 bits per heavy atom.